The van der Waals surface area contributed by atoms with Gasteiger partial charge in [0.1, 0.15) is 0 Å². The quantitative estimate of drug-likeness (QED) is 0.718. The van der Waals surface area contributed by atoms with Crippen LogP contribution in [0.3, 0.4) is 0 Å². The van der Waals surface area contributed by atoms with Gasteiger partial charge in [-0.2, -0.15) is 0 Å². The molecule has 0 bridgehead atoms. The van der Waals surface area contributed by atoms with E-state index in [4.69, 9.17) is 10.8 Å². The highest BCUT2D eigenvalue weighted by Crippen LogP contribution is 2.31. The average molecular weight is 212 g/mol. The number of nitrogens with two attached hydrogens (primary N) is 1. The molecule has 86 valence electrons. The third-order valence-corrected chi connectivity index (χ3v) is 3.43. The Morgan fingerprint density at radius 2 is 2.13 bits per heavy atom. The number of likely N-dealkylation sites (tertiary alicyclic amines) is 1. The molecule has 1 saturated heterocycles. The smallest absolute Gasteiger partial charge is 0.303 e. The molecule has 0 aromatic heterocycles. The van der Waals surface area contributed by atoms with Gasteiger partial charge in [-0.3, -0.25) is 9.69 Å². The number of hydrogen-bond donors (Lipinski definition) is 2. The summed E-state index contributed by atoms with van der Waals surface area (Å²) in [4.78, 5) is 13.0. The van der Waals surface area contributed by atoms with E-state index in [0.717, 1.165) is 32.0 Å². The fourth-order valence-electron chi connectivity index (χ4n) is 2.56. The van der Waals surface area contributed by atoms with Crippen molar-refractivity contribution in [2.75, 3.05) is 13.1 Å². The van der Waals surface area contributed by atoms with Crippen molar-refractivity contribution in [1.29, 1.82) is 0 Å². The molecule has 0 aromatic rings. The van der Waals surface area contributed by atoms with E-state index >= 15 is 0 Å². The maximum Gasteiger partial charge on any atom is 0.303 e. The van der Waals surface area contributed by atoms with E-state index in [9.17, 15) is 4.79 Å². The lowest BCUT2D eigenvalue weighted by Gasteiger charge is -2.36. The first-order chi connectivity index (χ1) is 7.15. The Bertz CT molecular complexity index is 241. The van der Waals surface area contributed by atoms with Crippen molar-refractivity contribution in [2.45, 2.75) is 44.2 Å². The van der Waals surface area contributed by atoms with Gasteiger partial charge in [-0.25, -0.2) is 0 Å². The maximum atomic E-state index is 10.5. The van der Waals surface area contributed by atoms with Crippen LogP contribution in [0.4, 0.5) is 0 Å². The Morgan fingerprint density at radius 3 is 2.73 bits per heavy atom. The number of rotatable bonds is 4. The molecule has 4 nitrogen and oxygen atoms in total. The molecule has 15 heavy (non-hydrogen) atoms. The SMILES string of the molecule is NC1CC(CCC(=O)O)CN(C2CC2)C1. The minimum Gasteiger partial charge on any atom is -0.481 e. The molecule has 4 heteroatoms. The van der Waals surface area contributed by atoms with E-state index < -0.39 is 5.97 Å². The van der Waals surface area contributed by atoms with Crippen LogP contribution in [0.25, 0.3) is 0 Å². The van der Waals surface area contributed by atoms with Crippen molar-refractivity contribution in [1.82, 2.24) is 4.90 Å². The van der Waals surface area contributed by atoms with E-state index in [0.29, 0.717) is 5.92 Å². The lowest BCUT2D eigenvalue weighted by Crippen LogP contribution is -2.47. The standard InChI is InChI=1S/C11H20N2O2/c12-9-5-8(1-4-11(14)15)6-13(7-9)10-2-3-10/h8-10H,1-7,12H2,(H,14,15). The summed E-state index contributed by atoms with van der Waals surface area (Å²) < 4.78 is 0. The highest BCUT2D eigenvalue weighted by Gasteiger charge is 2.34. The van der Waals surface area contributed by atoms with Crippen molar-refractivity contribution < 1.29 is 9.90 Å². The largest absolute Gasteiger partial charge is 0.481 e. The van der Waals surface area contributed by atoms with E-state index in [1.807, 2.05) is 0 Å². The van der Waals surface area contributed by atoms with Crippen molar-refractivity contribution in [2.24, 2.45) is 11.7 Å². The first kappa shape index (κ1) is 10.9. The molecule has 2 rings (SSSR count). The van der Waals surface area contributed by atoms with Crippen molar-refractivity contribution in [3.05, 3.63) is 0 Å². The zero-order valence-corrected chi connectivity index (χ0v) is 9.06. The molecular formula is C11H20N2O2. The molecule has 1 saturated carbocycles. The van der Waals surface area contributed by atoms with Crippen LogP contribution in [-0.2, 0) is 4.79 Å². The highest BCUT2D eigenvalue weighted by molar-refractivity contribution is 5.66. The summed E-state index contributed by atoms with van der Waals surface area (Å²) in [5.41, 5.74) is 6.00. The minimum absolute atomic E-state index is 0.248. The third-order valence-electron chi connectivity index (χ3n) is 3.43. The van der Waals surface area contributed by atoms with E-state index in [1.54, 1.807) is 0 Å². The number of carboxylic acid groups (broad SMARTS) is 1. The van der Waals surface area contributed by atoms with E-state index in [1.165, 1.54) is 12.8 Å². The second-order valence-corrected chi connectivity index (χ2v) is 4.98. The topological polar surface area (TPSA) is 66.6 Å². The van der Waals surface area contributed by atoms with Crippen LogP contribution in [0.15, 0.2) is 0 Å². The summed E-state index contributed by atoms with van der Waals surface area (Å²) in [6.45, 7) is 2.07. The molecule has 2 aliphatic rings. The van der Waals surface area contributed by atoms with Gasteiger partial charge in [0.15, 0.2) is 0 Å². The van der Waals surface area contributed by atoms with Crippen LogP contribution >= 0.6 is 0 Å². The fourth-order valence-corrected chi connectivity index (χ4v) is 2.56. The Balaban J connectivity index is 1.80. The van der Waals surface area contributed by atoms with E-state index in [2.05, 4.69) is 4.90 Å². The molecule has 0 amide bonds. The Kier molecular flexibility index (Phi) is 3.26. The first-order valence-corrected chi connectivity index (χ1v) is 5.86. The first-order valence-electron chi connectivity index (χ1n) is 5.86. The third kappa shape index (κ3) is 3.18. The fraction of sp³-hybridized carbons (Fsp3) is 0.909. The second kappa shape index (κ2) is 4.49. The van der Waals surface area contributed by atoms with Crippen molar-refractivity contribution in [3.63, 3.8) is 0 Å². The summed E-state index contributed by atoms with van der Waals surface area (Å²) >= 11 is 0. The van der Waals surface area contributed by atoms with Crippen molar-refractivity contribution >= 4 is 5.97 Å². The maximum absolute atomic E-state index is 10.5. The van der Waals surface area contributed by atoms with Gasteiger partial charge in [-0.1, -0.05) is 0 Å². The molecule has 0 spiro atoms. The number of piperidine rings is 1. The van der Waals surface area contributed by atoms with Gasteiger partial charge in [0.25, 0.3) is 0 Å². The van der Waals surface area contributed by atoms with Gasteiger partial charge in [0.05, 0.1) is 0 Å². The zero-order valence-electron chi connectivity index (χ0n) is 9.06. The Morgan fingerprint density at radius 1 is 1.40 bits per heavy atom. The molecule has 1 aliphatic heterocycles. The number of nitrogens with zero attached hydrogens (tertiary/aromatic N) is 1. The summed E-state index contributed by atoms with van der Waals surface area (Å²) in [7, 11) is 0. The van der Waals surface area contributed by atoms with Crippen LogP contribution in [0.2, 0.25) is 0 Å². The molecular weight excluding hydrogens is 192 g/mol. The summed E-state index contributed by atoms with van der Waals surface area (Å²) in [5, 5.41) is 8.65. The molecule has 1 heterocycles. The van der Waals surface area contributed by atoms with Crippen LogP contribution in [0.1, 0.15) is 32.1 Å². The van der Waals surface area contributed by atoms with Crippen LogP contribution in [-0.4, -0.2) is 41.1 Å². The summed E-state index contributed by atoms with van der Waals surface area (Å²) in [5.74, 6) is -0.197. The molecule has 2 unspecified atom stereocenters. The van der Waals surface area contributed by atoms with E-state index in [-0.39, 0.29) is 12.5 Å². The Hall–Kier alpha value is -0.610. The van der Waals surface area contributed by atoms with Crippen LogP contribution in [0.5, 0.6) is 0 Å². The Labute approximate surface area is 90.4 Å². The highest BCUT2D eigenvalue weighted by atomic mass is 16.4. The predicted octanol–water partition coefficient (Wildman–Crippen LogP) is 0.663. The van der Waals surface area contributed by atoms with Gasteiger partial charge in [-0.15, -0.1) is 0 Å². The monoisotopic (exact) mass is 212 g/mol. The molecule has 1 aliphatic carbocycles. The molecule has 2 atom stereocenters. The predicted molar refractivity (Wildman–Crippen MR) is 57.5 cm³/mol. The second-order valence-electron chi connectivity index (χ2n) is 4.98. The summed E-state index contributed by atoms with van der Waals surface area (Å²) in [6, 6.07) is 1.00. The lowest BCUT2D eigenvalue weighted by molar-refractivity contribution is -0.137. The van der Waals surface area contributed by atoms with Gasteiger partial charge in [0, 0.05) is 31.6 Å². The lowest BCUT2D eigenvalue weighted by atomic mass is 9.90. The van der Waals surface area contributed by atoms with Gasteiger partial charge < -0.3 is 10.8 Å². The average Bonchev–Trinajstić information content (AvgIpc) is 2.97. The van der Waals surface area contributed by atoms with Gasteiger partial charge in [0.2, 0.25) is 0 Å². The van der Waals surface area contributed by atoms with Crippen molar-refractivity contribution in [3.8, 4) is 0 Å². The normalized spacial score (nSPS) is 32.9. The molecule has 0 radical (unpaired) electrons. The summed E-state index contributed by atoms with van der Waals surface area (Å²) in [6.07, 6.45) is 4.68. The van der Waals surface area contributed by atoms with Crippen LogP contribution < -0.4 is 5.73 Å². The molecule has 2 fully saturated rings. The molecule has 0 aromatic carbocycles. The van der Waals surface area contributed by atoms with Crippen LogP contribution in [0, 0.1) is 5.92 Å². The van der Waals surface area contributed by atoms with Gasteiger partial charge in [-0.05, 0) is 31.6 Å². The number of carboxylic acids is 1. The number of carbonyl (C=O) groups is 1. The number of aliphatic carboxylic acids is 1. The molecule has 3 N–H and O–H groups in total. The number of hydrogen-bond acceptors (Lipinski definition) is 3. The zero-order chi connectivity index (χ0) is 10.8. The van der Waals surface area contributed by atoms with Gasteiger partial charge >= 0.3 is 5.97 Å². The minimum atomic E-state index is -0.688.